The highest BCUT2D eigenvalue weighted by Crippen LogP contribution is 2.58. The molecule has 3 aromatic rings. The number of amides is 2. The molecule has 6 rings (SSSR count). The Bertz CT molecular complexity index is 1320. The lowest BCUT2D eigenvalue weighted by atomic mass is 9.79. The molecular formula is C25H20N2O3. The minimum atomic E-state index is -0.296. The predicted octanol–water partition coefficient (Wildman–Crippen LogP) is 3.68. The monoisotopic (exact) mass is 396 g/mol. The van der Waals surface area contributed by atoms with Gasteiger partial charge in [0.1, 0.15) is 0 Å². The molecule has 0 spiro atoms. The zero-order chi connectivity index (χ0) is 20.6. The molecule has 2 aromatic carbocycles. The van der Waals surface area contributed by atoms with Crippen LogP contribution in [0.15, 0.2) is 65.5 Å². The molecule has 5 nitrogen and oxygen atoms in total. The normalized spacial score (nSPS) is 27.1. The molecule has 1 saturated carbocycles. The van der Waals surface area contributed by atoms with Crippen molar-refractivity contribution in [2.45, 2.75) is 13.3 Å². The zero-order valence-electron chi connectivity index (χ0n) is 16.5. The van der Waals surface area contributed by atoms with Gasteiger partial charge in [-0.15, -0.1) is 0 Å². The molecule has 2 fully saturated rings. The Morgan fingerprint density at radius 1 is 0.933 bits per heavy atom. The molecule has 4 atom stereocenters. The number of carbonyl (C=O) groups excluding carboxylic acids is 2. The fourth-order valence-corrected chi connectivity index (χ4v) is 5.78. The van der Waals surface area contributed by atoms with E-state index in [4.69, 9.17) is 0 Å². The molecule has 2 heterocycles. The molecule has 1 aliphatic heterocycles. The first-order valence-electron chi connectivity index (χ1n) is 10.3. The second kappa shape index (κ2) is 6.02. The van der Waals surface area contributed by atoms with Gasteiger partial charge in [0.15, 0.2) is 0 Å². The van der Waals surface area contributed by atoms with Gasteiger partial charge in [0.2, 0.25) is 17.4 Å². The second-order valence-electron chi connectivity index (χ2n) is 8.60. The molecular weight excluding hydrogens is 376 g/mol. The van der Waals surface area contributed by atoms with Crippen molar-refractivity contribution < 1.29 is 9.59 Å². The number of nitrogens with zero attached hydrogens (tertiary/aromatic N) is 1. The molecule has 30 heavy (non-hydrogen) atoms. The van der Waals surface area contributed by atoms with Crippen LogP contribution in [0.3, 0.4) is 0 Å². The highest BCUT2D eigenvalue weighted by Gasteiger charge is 2.61. The minimum absolute atomic E-state index is 0.0892. The Kier molecular flexibility index (Phi) is 3.49. The smallest absolute Gasteiger partial charge is 0.248 e. The Labute approximate surface area is 173 Å². The summed E-state index contributed by atoms with van der Waals surface area (Å²) in [5.41, 5.74) is 4.19. The summed E-state index contributed by atoms with van der Waals surface area (Å²) in [7, 11) is 0. The number of benzene rings is 2. The summed E-state index contributed by atoms with van der Waals surface area (Å²) < 4.78 is 0. The predicted molar refractivity (Wildman–Crippen MR) is 115 cm³/mol. The van der Waals surface area contributed by atoms with E-state index in [-0.39, 0.29) is 41.0 Å². The van der Waals surface area contributed by atoms with Crippen molar-refractivity contribution in [2.24, 2.45) is 23.7 Å². The lowest BCUT2D eigenvalue weighted by Gasteiger charge is -2.22. The van der Waals surface area contributed by atoms with Crippen molar-refractivity contribution in [3.05, 3.63) is 82.2 Å². The van der Waals surface area contributed by atoms with Gasteiger partial charge in [-0.05, 0) is 54.0 Å². The molecule has 2 bridgehead atoms. The number of fused-ring (bicyclic) bond motifs is 6. The number of pyridine rings is 1. The summed E-state index contributed by atoms with van der Waals surface area (Å²) in [6, 6.07) is 17.1. The highest BCUT2D eigenvalue weighted by molar-refractivity contribution is 6.23. The molecule has 1 aromatic heterocycles. The van der Waals surface area contributed by atoms with Crippen LogP contribution in [-0.2, 0) is 9.59 Å². The average Bonchev–Trinajstić information content (AvgIpc) is 3.39. The van der Waals surface area contributed by atoms with E-state index in [1.165, 1.54) is 10.5 Å². The molecule has 0 radical (unpaired) electrons. The Balaban J connectivity index is 1.40. The number of imide groups is 1. The van der Waals surface area contributed by atoms with E-state index in [9.17, 15) is 14.4 Å². The Hall–Kier alpha value is -3.47. The summed E-state index contributed by atoms with van der Waals surface area (Å²) >= 11 is 0. The number of rotatable bonds is 2. The summed E-state index contributed by atoms with van der Waals surface area (Å²) in [5, 5.41) is 0.908. The first-order chi connectivity index (χ1) is 14.5. The van der Waals surface area contributed by atoms with E-state index >= 15 is 0 Å². The number of aromatic amines is 1. The van der Waals surface area contributed by atoms with E-state index in [1.807, 2.05) is 31.2 Å². The molecule has 5 heteroatoms. The standard InChI is InChI=1S/C25H20N2O3/c1-13-9-21(28)26-20-12-16(7-8-17(13)20)27-24(29)22-15-10-18(14-5-3-2-4-6-14)19(11-15)23(22)25(27)30/h2-10,12,15,19,22-23H,11H2,1H3,(H,26,28). The van der Waals surface area contributed by atoms with Crippen molar-refractivity contribution in [3.8, 4) is 0 Å². The summed E-state index contributed by atoms with van der Waals surface area (Å²) in [6.07, 6.45) is 3.08. The molecule has 1 saturated heterocycles. The van der Waals surface area contributed by atoms with Gasteiger partial charge in [-0.3, -0.25) is 14.4 Å². The van der Waals surface area contributed by atoms with Gasteiger partial charge < -0.3 is 4.98 Å². The van der Waals surface area contributed by atoms with Crippen LogP contribution in [0.1, 0.15) is 17.5 Å². The van der Waals surface area contributed by atoms with Crippen molar-refractivity contribution in [2.75, 3.05) is 4.90 Å². The highest BCUT2D eigenvalue weighted by atomic mass is 16.2. The van der Waals surface area contributed by atoms with Crippen molar-refractivity contribution in [3.63, 3.8) is 0 Å². The van der Waals surface area contributed by atoms with Crippen molar-refractivity contribution in [1.29, 1.82) is 0 Å². The summed E-state index contributed by atoms with van der Waals surface area (Å²) in [4.78, 5) is 42.8. The van der Waals surface area contributed by atoms with E-state index in [2.05, 4.69) is 23.2 Å². The quantitative estimate of drug-likeness (QED) is 0.672. The Morgan fingerprint density at radius 2 is 1.70 bits per heavy atom. The van der Waals surface area contributed by atoms with Gasteiger partial charge in [-0.1, -0.05) is 42.5 Å². The number of anilines is 1. The van der Waals surface area contributed by atoms with Gasteiger partial charge in [0, 0.05) is 11.5 Å². The topological polar surface area (TPSA) is 70.2 Å². The molecule has 2 aliphatic carbocycles. The molecule has 148 valence electrons. The van der Waals surface area contributed by atoms with Crippen molar-refractivity contribution >= 4 is 34.0 Å². The maximum Gasteiger partial charge on any atom is 0.248 e. The van der Waals surface area contributed by atoms with Gasteiger partial charge in [0.05, 0.1) is 23.0 Å². The number of hydrogen-bond donors (Lipinski definition) is 1. The number of nitrogens with one attached hydrogen (secondary N) is 1. The second-order valence-corrected chi connectivity index (χ2v) is 8.60. The average molecular weight is 396 g/mol. The van der Waals surface area contributed by atoms with Crippen LogP contribution in [0.5, 0.6) is 0 Å². The third-order valence-corrected chi connectivity index (χ3v) is 7.01. The number of carbonyl (C=O) groups is 2. The fourth-order valence-electron chi connectivity index (χ4n) is 5.78. The summed E-state index contributed by atoms with van der Waals surface area (Å²) in [5.74, 6) is -0.605. The number of aryl methyl sites for hydroxylation is 1. The maximum atomic E-state index is 13.4. The number of aromatic nitrogens is 1. The molecule has 4 unspecified atom stereocenters. The third-order valence-electron chi connectivity index (χ3n) is 7.01. The lowest BCUT2D eigenvalue weighted by molar-refractivity contribution is -0.123. The van der Waals surface area contributed by atoms with Crippen LogP contribution in [0.25, 0.3) is 16.5 Å². The van der Waals surface area contributed by atoms with Crippen LogP contribution >= 0.6 is 0 Å². The first-order valence-corrected chi connectivity index (χ1v) is 10.3. The summed E-state index contributed by atoms with van der Waals surface area (Å²) in [6.45, 7) is 1.88. The van der Waals surface area contributed by atoms with E-state index in [1.54, 1.807) is 18.2 Å². The van der Waals surface area contributed by atoms with Gasteiger partial charge in [-0.25, -0.2) is 4.90 Å². The van der Waals surface area contributed by atoms with Crippen LogP contribution in [0.4, 0.5) is 5.69 Å². The molecule has 2 amide bonds. The number of H-pyrrole nitrogens is 1. The van der Waals surface area contributed by atoms with Crippen LogP contribution in [0.2, 0.25) is 0 Å². The third kappa shape index (κ3) is 2.26. The molecule has 1 N–H and O–H groups in total. The van der Waals surface area contributed by atoms with Crippen LogP contribution < -0.4 is 10.5 Å². The van der Waals surface area contributed by atoms with Gasteiger partial charge >= 0.3 is 0 Å². The minimum Gasteiger partial charge on any atom is -0.322 e. The number of allylic oxidation sites excluding steroid dienone is 2. The first kappa shape index (κ1) is 17.4. The van der Waals surface area contributed by atoms with E-state index < -0.39 is 0 Å². The number of hydrogen-bond acceptors (Lipinski definition) is 3. The van der Waals surface area contributed by atoms with E-state index in [0.717, 1.165) is 22.9 Å². The van der Waals surface area contributed by atoms with Crippen LogP contribution in [-0.4, -0.2) is 16.8 Å². The zero-order valence-corrected chi connectivity index (χ0v) is 16.5. The SMILES string of the molecule is Cc1cc(=O)[nH]c2cc(N3C(=O)C4C5C=C(c6ccccc6)C(C5)C4C3=O)ccc12. The van der Waals surface area contributed by atoms with Crippen LogP contribution in [0, 0.1) is 30.6 Å². The largest absolute Gasteiger partial charge is 0.322 e. The van der Waals surface area contributed by atoms with E-state index in [0.29, 0.717) is 11.2 Å². The lowest BCUT2D eigenvalue weighted by Crippen LogP contribution is -2.33. The van der Waals surface area contributed by atoms with Crippen molar-refractivity contribution in [1.82, 2.24) is 4.98 Å². The Morgan fingerprint density at radius 3 is 2.50 bits per heavy atom. The van der Waals surface area contributed by atoms with Gasteiger partial charge in [-0.2, -0.15) is 0 Å². The fraction of sp³-hybridized carbons (Fsp3) is 0.240. The van der Waals surface area contributed by atoms with Gasteiger partial charge in [0.25, 0.3) is 0 Å². The molecule has 3 aliphatic rings. The maximum absolute atomic E-state index is 13.4.